The lowest BCUT2D eigenvalue weighted by Crippen LogP contribution is -2.31. The van der Waals surface area contributed by atoms with Gasteiger partial charge in [0, 0.05) is 12.1 Å². The molecule has 16 heavy (non-hydrogen) atoms. The zero-order valence-electron chi connectivity index (χ0n) is 9.91. The van der Waals surface area contributed by atoms with Crippen molar-refractivity contribution in [2.45, 2.75) is 26.5 Å². The Hall–Kier alpha value is -1.55. The maximum absolute atomic E-state index is 10.9. The Morgan fingerprint density at radius 2 is 2.25 bits per heavy atom. The fraction of sp³-hybridized carbons (Fsp3) is 0.417. The van der Waals surface area contributed by atoms with E-state index in [0.717, 1.165) is 11.1 Å². The molecule has 4 nitrogen and oxygen atoms in total. The Kier molecular flexibility index (Phi) is 4.31. The number of hydrogen-bond donors (Lipinski definition) is 2. The van der Waals surface area contributed by atoms with Crippen LogP contribution in [0.1, 0.15) is 18.1 Å². The highest BCUT2D eigenvalue weighted by molar-refractivity contribution is 5.78. The minimum Gasteiger partial charge on any atom is -0.481 e. The first-order chi connectivity index (χ1) is 7.54. The van der Waals surface area contributed by atoms with Crippen molar-refractivity contribution in [1.29, 1.82) is 0 Å². The summed E-state index contributed by atoms with van der Waals surface area (Å²) in [5.41, 5.74) is 7.34. The second-order valence-electron chi connectivity index (χ2n) is 3.80. The molecule has 1 aromatic carbocycles. The summed E-state index contributed by atoms with van der Waals surface area (Å²) >= 11 is 0. The molecule has 1 atom stereocenters. The zero-order valence-corrected chi connectivity index (χ0v) is 9.91. The van der Waals surface area contributed by atoms with E-state index in [-0.39, 0.29) is 0 Å². The quantitative estimate of drug-likeness (QED) is 0.780. The minimum atomic E-state index is -0.613. The number of primary amides is 1. The van der Waals surface area contributed by atoms with Crippen molar-refractivity contribution in [1.82, 2.24) is 5.32 Å². The van der Waals surface area contributed by atoms with E-state index in [1.807, 2.05) is 32.2 Å². The summed E-state index contributed by atoms with van der Waals surface area (Å²) in [5, 5.41) is 3.06. The number of carbonyl (C=O) groups excluding carboxylic acids is 1. The van der Waals surface area contributed by atoms with Gasteiger partial charge in [-0.1, -0.05) is 17.7 Å². The second-order valence-corrected chi connectivity index (χ2v) is 3.80. The molecule has 0 aromatic heterocycles. The molecule has 0 fully saturated rings. The van der Waals surface area contributed by atoms with Crippen LogP contribution in [0.5, 0.6) is 5.75 Å². The first-order valence-electron chi connectivity index (χ1n) is 5.24. The van der Waals surface area contributed by atoms with Crippen LogP contribution in [0, 0.1) is 6.92 Å². The first-order valence-corrected chi connectivity index (χ1v) is 5.24. The predicted octanol–water partition coefficient (Wildman–Crippen LogP) is 0.967. The number of nitrogens with one attached hydrogen (secondary N) is 1. The van der Waals surface area contributed by atoms with Gasteiger partial charge in [-0.2, -0.15) is 0 Å². The SMILES string of the molecule is CNCc1cc(C)ccc1OC(C)C(N)=O. The molecule has 88 valence electrons. The molecule has 1 amide bonds. The van der Waals surface area contributed by atoms with Gasteiger partial charge in [0.15, 0.2) is 6.10 Å². The predicted molar refractivity (Wildman–Crippen MR) is 63.2 cm³/mol. The molecule has 0 radical (unpaired) electrons. The Bertz CT molecular complexity index is 377. The Balaban J connectivity index is 2.89. The van der Waals surface area contributed by atoms with Gasteiger partial charge in [-0.25, -0.2) is 0 Å². The normalized spacial score (nSPS) is 12.2. The monoisotopic (exact) mass is 222 g/mol. The molecule has 4 heteroatoms. The fourth-order valence-electron chi connectivity index (χ4n) is 1.40. The van der Waals surface area contributed by atoms with Crippen molar-refractivity contribution >= 4 is 5.91 Å². The summed E-state index contributed by atoms with van der Waals surface area (Å²) < 4.78 is 5.50. The summed E-state index contributed by atoms with van der Waals surface area (Å²) in [6.07, 6.45) is -0.613. The van der Waals surface area contributed by atoms with Crippen LogP contribution in [0.15, 0.2) is 18.2 Å². The zero-order chi connectivity index (χ0) is 12.1. The van der Waals surface area contributed by atoms with Crippen LogP contribution in [-0.4, -0.2) is 19.1 Å². The third-order valence-electron chi connectivity index (χ3n) is 2.29. The molecule has 1 rings (SSSR count). The maximum atomic E-state index is 10.9. The summed E-state index contributed by atoms with van der Waals surface area (Å²) in [5.74, 6) is 0.238. The van der Waals surface area contributed by atoms with E-state index in [9.17, 15) is 4.79 Å². The Morgan fingerprint density at radius 3 is 2.81 bits per heavy atom. The number of rotatable bonds is 5. The summed E-state index contributed by atoms with van der Waals surface area (Å²) in [7, 11) is 1.86. The highest BCUT2D eigenvalue weighted by atomic mass is 16.5. The Labute approximate surface area is 95.8 Å². The van der Waals surface area contributed by atoms with Crippen molar-refractivity contribution in [3.05, 3.63) is 29.3 Å². The number of ether oxygens (including phenoxy) is 1. The van der Waals surface area contributed by atoms with Crippen molar-refractivity contribution in [2.24, 2.45) is 5.73 Å². The van der Waals surface area contributed by atoms with Crippen LogP contribution in [0.4, 0.5) is 0 Å². The van der Waals surface area contributed by atoms with Gasteiger partial charge in [0.25, 0.3) is 5.91 Å². The molecule has 3 N–H and O–H groups in total. The van der Waals surface area contributed by atoms with Crippen LogP contribution >= 0.6 is 0 Å². The van der Waals surface area contributed by atoms with Crippen LogP contribution in [-0.2, 0) is 11.3 Å². The molecule has 1 aromatic rings. The molecule has 0 bridgehead atoms. The van der Waals surface area contributed by atoms with E-state index in [1.165, 1.54) is 0 Å². The maximum Gasteiger partial charge on any atom is 0.258 e. The minimum absolute atomic E-state index is 0.462. The molecule has 0 spiro atoms. The van der Waals surface area contributed by atoms with E-state index in [2.05, 4.69) is 5.32 Å². The van der Waals surface area contributed by atoms with E-state index in [4.69, 9.17) is 10.5 Å². The topological polar surface area (TPSA) is 64.3 Å². The van der Waals surface area contributed by atoms with E-state index in [0.29, 0.717) is 12.3 Å². The van der Waals surface area contributed by atoms with Gasteiger partial charge in [0.1, 0.15) is 5.75 Å². The smallest absolute Gasteiger partial charge is 0.258 e. The van der Waals surface area contributed by atoms with Gasteiger partial charge < -0.3 is 15.8 Å². The summed E-state index contributed by atoms with van der Waals surface area (Å²) in [6.45, 7) is 4.36. The molecular weight excluding hydrogens is 204 g/mol. The molecule has 0 aliphatic rings. The molecule has 0 aliphatic heterocycles. The van der Waals surface area contributed by atoms with Gasteiger partial charge >= 0.3 is 0 Å². The van der Waals surface area contributed by atoms with Gasteiger partial charge in [0.05, 0.1) is 0 Å². The van der Waals surface area contributed by atoms with Crippen molar-refractivity contribution in [3.63, 3.8) is 0 Å². The summed E-state index contributed by atoms with van der Waals surface area (Å²) in [4.78, 5) is 10.9. The largest absolute Gasteiger partial charge is 0.481 e. The van der Waals surface area contributed by atoms with Gasteiger partial charge in [-0.3, -0.25) is 4.79 Å². The third-order valence-corrected chi connectivity index (χ3v) is 2.29. The van der Waals surface area contributed by atoms with E-state index < -0.39 is 12.0 Å². The average molecular weight is 222 g/mol. The third kappa shape index (κ3) is 3.24. The van der Waals surface area contributed by atoms with E-state index >= 15 is 0 Å². The number of amides is 1. The average Bonchev–Trinajstić information content (AvgIpc) is 2.22. The molecule has 0 heterocycles. The molecule has 0 saturated heterocycles. The lowest BCUT2D eigenvalue weighted by atomic mass is 10.1. The lowest BCUT2D eigenvalue weighted by molar-refractivity contribution is -0.124. The summed E-state index contributed by atoms with van der Waals surface area (Å²) in [6, 6.07) is 5.84. The van der Waals surface area contributed by atoms with Crippen LogP contribution in [0.25, 0.3) is 0 Å². The molecular formula is C12H18N2O2. The van der Waals surface area contributed by atoms with Crippen LogP contribution < -0.4 is 15.8 Å². The fourth-order valence-corrected chi connectivity index (χ4v) is 1.40. The van der Waals surface area contributed by atoms with Gasteiger partial charge in [0.2, 0.25) is 0 Å². The van der Waals surface area contributed by atoms with Gasteiger partial charge in [-0.15, -0.1) is 0 Å². The van der Waals surface area contributed by atoms with Crippen molar-refractivity contribution in [3.8, 4) is 5.75 Å². The molecule has 1 unspecified atom stereocenters. The van der Waals surface area contributed by atoms with Crippen LogP contribution in [0.2, 0.25) is 0 Å². The number of nitrogens with two attached hydrogens (primary N) is 1. The van der Waals surface area contributed by atoms with Crippen molar-refractivity contribution in [2.75, 3.05) is 7.05 Å². The lowest BCUT2D eigenvalue weighted by Gasteiger charge is -2.15. The number of hydrogen-bond acceptors (Lipinski definition) is 3. The van der Waals surface area contributed by atoms with Crippen LogP contribution in [0.3, 0.4) is 0 Å². The highest BCUT2D eigenvalue weighted by Crippen LogP contribution is 2.21. The van der Waals surface area contributed by atoms with Gasteiger partial charge in [-0.05, 0) is 27.0 Å². The first kappa shape index (κ1) is 12.5. The standard InChI is InChI=1S/C12H18N2O2/c1-8-4-5-11(10(6-8)7-14-3)16-9(2)12(13)15/h4-6,9,14H,7H2,1-3H3,(H2,13,15). The Morgan fingerprint density at radius 1 is 1.56 bits per heavy atom. The van der Waals surface area contributed by atoms with E-state index in [1.54, 1.807) is 6.92 Å². The second kappa shape index (κ2) is 5.51. The van der Waals surface area contributed by atoms with Crippen molar-refractivity contribution < 1.29 is 9.53 Å². The number of aryl methyl sites for hydroxylation is 1. The number of benzene rings is 1. The molecule has 0 aliphatic carbocycles. The highest BCUT2D eigenvalue weighted by Gasteiger charge is 2.12. The number of carbonyl (C=O) groups is 1. The molecule has 0 saturated carbocycles.